The van der Waals surface area contributed by atoms with Gasteiger partial charge in [0.1, 0.15) is 0 Å². The zero-order valence-electron chi connectivity index (χ0n) is 7.72. The summed E-state index contributed by atoms with van der Waals surface area (Å²) in [5.74, 6) is 0.978. The third kappa shape index (κ3) is 2.20. The Morgan fingerprint density at radius 1 is 1.08 bits per heavy atom. The minimum absolute atomic E-state index is 0.519. The van der Waals surface area contributed by atoms with Crippen molar-refractivity contribution in [3.8, 4) is 0 Å². The number of hydrogen-bond donors (Lipinski definition) is 1. The van der Waals surface area contributed by atoms with Crippen LogP contribution in [0.2, 0.25) is 0 Å². The largest absolute Gasteiger partial charge is 0.377 e. The summed E-state index contributed by atoms with van der Waals surface area (Å²) in [6.45, 7) is 3.28. The molecule has 0 radical (unpaired) electrons. The lowest BCUT2D eigenvalue weighted by atomic mass is 9.85. The second kappa shape index (κ2) is 4.24. The molecule has 0 aromatic carbocycles. The number of rotatable bonds is 4. The fourth-order valence-corrected chi connectivity index (χ4v) is 1.95. The van der Waals surface area contributed by atoms with Gasteiger partial charge in [-0.15, -0.1) is 0 Å². The molecule has 0 spiro atoms. The normalized spacial score (nSPS) is 30.5. The quantitative estimate of drug-likeness (QED) is 0.689. The predicted molar refractivity (Wildman–Crippen MR) is 49.2 cm³/mol. The molecular formula is C10H19NO. The maximum absolute atomic E-state index is 5.52. The SMILES string of the molecule is C1CC(CNCC2CCCO2)C1. The van der Waals surface area contributed by atoms with E-state index in [0.717, 1.165) is 19.1 Å². The molecule has 2 nitrogen and oxygen atoms in total. The maximum Gasteiger partial charge on any atom is 0.0700 e. The van der Waals surface area contributed by atoms with Gasteiger partial charge in [0.15, 0.2) is 0 Å². The van der Waals surface area contributed by atoms with E-state index in [0.29, 0.717) is 6.10 Å². The zero-order valence-corrected chi connectivity index (χ0v) is 7.72. The van der Waals surface area contributed by atoms with Crippen LogP contribution in [0.15, 0.2) is 0 Å². The van der Waals surface area contributed by atoms with E-state index in [9.17, 15) is 0 Å². The summed E-state index contributed by atoms with van der Waals surface area (Å²) < 4.78 is 5.52. The fraction of sp³-hybridized carbons (Fsp3) is 1.00. The smallest absolute Gasteiger partial charge is 0.0700 e. The van der Waals surface area contributed by atoms with Crippen LogP contribution >= 0.6 is 0 Å². The summed E-state index contributed by atoms with van der Waals surface area (Å²) in [6, 6.07) is 0. The van der Waals surface area contributed by atoms with E-state index in [1.54, 1.807) is 0 Å². The molecule has 2 aliphatic rings. The van der Waals surface area contributed by atoms with Gasteiger partial charge < -0.3 is 10.1 Å². The molecule has 0 aromatic heterocycles. The lowest BCUT2D eigenvalue weighted by molar-refractivity contribution is 0.108. The molecule has 70 valence electrons. The third-order valence-corrected chi connectivity index (χ3v) is 3.05. The van der Waals surface area contributed by atoms with Crippen molar-refractivity contribution in [2.24, 2.45) is 5.92 Å². The molecule has 1 aliphatic heterocycles. The highest BCUT2D eigenvalue weighted by Gasteiger charge is 2.18. The maximum atomic E-state index is 5.52. The molecule has 2 rings (SSSR count). The van der Waals surface area contributed by atoms with E-state index in [-0.39, 0.29) is 0 Å². The molecule has 1 atom stereocenters. The number of nitrogens with one attached hydrogen (secondary N) is 1. The molecule has 2 heteroatoms. The van der Waals surface area contributed by atoms with Crippen molar-refractivity contribution < 1.29 is 4.74 Å². The van der Waals surface area contributed by atoms with Gasteiger partial charge in [0, 0.05) is 13.2 Å². The molecule has 0 bridgehead atoms. The Balaban J connectivity index is 1.49. The van der Waals surface area contributed by atoms with E-state index in [1.165, 1.54) is 38.6 Å². The Hall–Kier alpha value is -0.0800. The summed E-state index contributed by atoms with van der Waals surface area (Å²) in [4.78, 5) is 0. The van der Waals surface area contributed by atoms with Crippen molar-refractivity contribution in [2.75, 3.05) is 19.7 Å². The molecule has 1 aliphatic carbocycles. The summed E-state index contributed by atoms with van der Waals surface area (Å²) >= 11 is 0. The third-order valence-electron chi connectivity index (χ3n) is 3.05. The van der Waals surface area contributed by atoms with Gasteiger partial charge in [-0.2, -0.15) is 0 Å². The lowest BCUT2D eigenvalue weighted by Gasteiger charge is -2.26. The van der Waals surface area contributed by atoms with Crippen LogP contribution in [0.25, 0.3) is 0 Å². The molecule has 12 heavy (non-hydrogen) atoms. The Kier molecular flexibility index (Phi) is 3.01. The van der Waals surface area contributed by atoms with Gasteiger partial charge in [-0.1, -0.05) is 6.42 Å². The molecule has 0 aromatic rings. The van der Waals surface area contributed by atoms with E-state index in [4.69, 9.17) is 4.74 Å². The predicted octanol–water partition coefficient (Wildman–Crippen LogP) is 1.56. The minimum Gasteiger partial charge on any atom is -0.377 e. The summed E-state index contributed by atoms with van der Waals surface area (Å²) in [5.41, 5.74) is 0. The highest BCUT2D eigenvalue weighted by atomic mass is 16.5. The van der Waals surface area contributed by atoms with E-state index in [1.807, 2.05) is 0 Å². The Morgan fingerprint density at radius 3 is 2.58 bits per heavy atom. The standard InChI is InChI=1S/C10H19NO/c1-3-9(4-1)7-11-8-10-5-2-6-12-10/h9-11H,1-8H2. The van der Waals surface area contributed by atoms with Gasteiger partial charge in [-0.05, 0) is 38.1 Å². The number of ether oxygens (including phenoxy) is 1. The zero-order chi connectivity index (χ0) is 8.23. The van der Waals surface area contributed by atoms with Crippen molar-refractivity contribution in [2.45, 2.75) is 38.2 Å². The van der Waals surface area contributed by atoms with Crippen LogP contribution in [0.1, 0.15) is 32.1 Å². The van der Waals surface area contributed by atoms with Gasteiger partial charge in [0.2, 0.25) is 0 Å². The molecule has 1 N–H and O–H groups in total. The fourth-order valence-electron chi connectivity index (χ4n) is 1.95. The molecule has 1 saturated carbocycles. The van der Waals surface area contributed by atoms with Gasteiger partial charge >= 0.3 is 0 Å². The monoisotopic (exact) mass is 169 g/mol. The van der Waals surface area contributed by atoms with Crippen LogP contribution in [0.5, 0.6) is 0 Å². The second-order valence-corrected chi connectivity index (χ2v) is 4.09. The Labute approximate surface area is 74.7 Å². The molecule has 0 amide bonds. The van der Waals surface area contributed by atoms with E-state index < -0.39 is 0 Å². The highest BCUT2D eigenvalue weighted by Crippen LogP contribution is 2.25. The molecule has 1 unspecified atom stereocenters. The first-order chi connectivity index (χ1) is 5.95. The Bertz CT molecular complexity index is 128. The van der Waals surface area contributed by atoms with Crippen molar-refractivity contribution in [1.29, 1.82) is 0 Å². The second-order valence-electron chi connectivity index (χ2n) is 4.09. The van der Waals surface area contributed by atoms with E-state index >= 15 is 0 Å². The first kappa shape index (κ1) is 8.52. The van der Waals surface area contributed by atoms with Gasteiger partial charge in [0.25, 0.3) is 0 Å². The highest BCUT2D eigenvalue weighted by molar-refractivity contribution is 4.74. The molecular weight excluding hydrogens is 150 g/mol. The first-order valence-electron chi connectivity index (χ1n) is 5.27. The average molecular weight is 169 g/mol. The van der Waals surface area contributed by atoms with Crippen LogP contribution in [-0.4, -0.2) is 25.8 Å². The van der Waals surface area contributed by atoms with Crippen molar-refractivity contribution in [1.82, 2.24) is 5.32 Å². The molecule has 2 fully saturated rings. The van der Waals surface area contributed by atoms with Crippen molar-refractivity contribution >= 4 is 0 Å². The van der Waals surface area contributed by atoms with Crippen molar-refractivity contribution in [3.05, 3.63) is 0 Å². The molecule has 1 heterocycles. The van der Waals surface area contributed by atoms with Crippen molar-refractivity contribution in [3.63, 3.8) is 0 Å². The Morgan fingerprint density at radius 2 is 2.00 bits per heavy atom. The summed E-state index contributed by atoms with van der Waals surface area (Å²) in [5, 5.41) is 3.50. The van der Waals surface area contributed by atoms with Crippen LogP contribution in [-0.2, 0) is 4.74 Å². The van der Waals surface area contributed by atoms with Gasteiger partial charge in [-0.3, -0.25) is 0 Å². The minimum atomic E-state index is 0.519. The van der Waals surface area contributed by atoms with Gasteiger partial charge in [0.05, 0.1) is 6.10 Å². The first-order valence-corrected chi connectivity index (χ1v) is 5.27. The van der Waals surface area contributed by atoms with E-state index in [2.05, 4.69) is 5.32 Å². The summed E-state index contributed by atoms with van der Waals surface area (Å²) in [6.07, 6.45) is 7.38. The summed E-state index contributed by atoms with van der Waals surface area (Å²) in [7, 11) is 0. The topological polar surface area (TPSA) is 21.3 Å². The van der Waals surface area contributed by atoms with Gasteiger partial charge in [-0.25, -0.2) is 0 Å². The van der Waals surface area contributed by atoms with Crippen LogP contribution in [0, 0.1) is 5.92 Å². The average Bonchev–Trinajstić information content (AvgIpc) is 2.46. The lowest BCUT2D eigenvalue weighted by Crippen LogP contribution is -2.32. The number of hydrogen-bond acceptors (Lipinski definition) is 2. The van der Waals surface area contributed by atoms with Crippen LogP contribution < -0.4 is 5.32 Å². The molecule has 1 saturated heterocycles. The van der Waals surface area contributed by atoms with Crippen LogP contribution in [0.4, 0.5) is 0 Å². The van der Waals surface area contributed by atoms with Crippen LogP contribution in [0.3, 0.4) is 0 Å².